The number of thiophene rings is 1. The van der Waals surface area contributed by atoms with E-state index in [-0.39, 0.29) is 30.1 Å². The molecule has 0 amide bonds. The second-order valence-electron chi connectivity index (χ2n) is 7.53. The van der Waals surface area contributed by atoms with E-state index >= 15 is 0 Å². The third kappa shape index (κ3) is 7.79. The van der Waals surface area contributed by atoms with Gasteiger partial charge in [-0.2, -0.15) is 0 Å². The number of morpholine rings is 1. The first-order valence-electron chi connectivity index (χ1n) is 10.7. The zero-order valence-electron chi connectivity index (χ0n) is 19.3. The molecule has 2 aromatic rings. The van der Waals surface area contributed by atoms with Crippen molar-refractivity contribution in [3.63, 3.8) is 0 Å². The predicted molar refractivity (Wildman–Crippen MR) is 142 cm³/mol. The molecule has 0 aliphatic carbocycles. The molecule has 0 saturated carbocycles. The van der Waals surface area contributed by atoms with Crippen LogP contribution in [0.25, 0.3) is 0 Å². The van der Waals surface area contributed by atoms with Crippen LogP contribution in [0.5, 0.6) is 11.5 Å². The third-order valence-corrected chi connectivity index (χ3v) is 6.32. The average Bonchev–Trinajstić information content (AvgIpc) is 3.23. The van der Waals surface area contributed by atoms with Crippen molar-refractivity contribution in [1.29, 1.82) is 0 Å². The van der Waals surface area contributed by atoms with Gasteiger partial charge in [-0.05, 0) is 38.1 Å². The van der Waals surface area contributed by atoms with E-state index in [0.29, 0.717) is 12.6 Å². The Morgan fingerprint density at radius 2 is 1.81 bits per heavy atom. The molecule has 0 spiro atoms. The number of hydrogen-bond acceptors (Lipinski definition) is 6. The van der Waals surface area contributed by atoms with Crippen LogP contribution in [0.15, 0.2) is 41.4 Å². The van der Waals surface area contributed by atoms with Crippen LogP contribution in [0.4, 0.5) is 0 Å². The summed E-state index contributed by atoms with van der Waals surface area (Å²) in [6.07, 6.45) is -0.0511. The van der Waals surface area contributed by atoms with Crippen LogP contribution in [-0.2, 0) is 4.74 Å². The number of methoxy groups -OCH3 is 1. The lowest BCUT2D eigenvalue weighted by atomic mass is 10.2. The van der Waals surface area contributed by atoms with Crippen LogP contribution in [0.2, 0.25) is 0 Å². The minimum atomic E-state index is -0.0511. The van der Waals surface area contributed by atoms with Gasteiger partial charge in [0.05, 0.1) is 32.9 Å². The molecule has 1 aromatic heterocycles. The molecular weight excluding hydrogens is 539 g/mol. The summed E-state index contributed by atoms with van der Waals surface area (Å²) in [5, 5.41) is 6.87. The van der Waals surface area contributed by atoms with Crippen LogP contribution in [0, 0.1) is 6.92 Å². The molecule has 1 aliphatic rings. The molecule has 32 heavy (non-hydrogen) atoms. The number of aryl methyl sites for hydroxylation is 1. The number of aliphatic imine (C=N–C) groups is 1. The Balaban J connectivity index is 0.00000363. The molecule has 3 rings (SSSR count). The number of halogens is 1. The van der Waals surface area contributed by atoms with Gasteiger partial charge in [-0.1, -0.05) is 12.1 Å². The highest BCUT2D eigenvalue weighted by Crippen LogP contribution is 2.28. The largest absolute Gasteiger partial charge is 0.493 e. The zero-order valence-corrected chi connectivity index (χ0v) is 22.4. The van der Waals surface area contributed by atoms with Crippen molar-refractivity contribution in [2.45, 2.75) is 26.0 Å². The van der Waals surface area contributed by atoms with E-state index in [2.05, 4.69) is 39.6 Å². The maximum Gasteiger partial charge on any atom is 0.191 e. The molecule has 2 atom stereocenters. The SMILES string of the molecule is CN=C(NCC(C)Oc1ccccc1OC)NCC(c1ccc(C)s1)N1CCOCC1.I. The number of rotatable bonds is 9. The predicted octanol–water partition coefficient (Wildman–Crippen LogP) is 3.69. The van der Waals surface area contributed by atoms with Crippen molar-refractivity contribution >= 4 is 41.3 Å². The minimum Gasteiger partial charge on any atom is -0.493 e. The first-order chi connectivity index (χ1) is 15.1. The van der Waals surface area contributed by atoms with Gasteiger partial charge in [0, 0.05) is 36.4 Å². The molecule has 1 aromatic carbocycles. The van der Waals surface area contributed by atoms with Gasteiger partial charge in [0.1, 0.15) is 6.10 Å². The molecule has 178 valence electrons. The van der Waals surface area contributed by atoms with E-state index in [1.54, 1.807) is 14.2 Å². The molecule has 1 fully saturated rings. The van der Waals surface area contributed by atoms with Crippen LogP contribution >= 0.6 is 35.3 Å². The fourth-order valence-corrected chi connectivity index (χ4v) is 4.57. The van der Waals surface area contributed by atoms with Crippen molar-refractivity contribution in [2.75, 3.05) is 53.6 Å². The molecular formula is C23H35IN4O3S. The quantitative estimate of drug-likeness (QED) is 0.271. The normalized spacial score (nSPS) is 16.6. The first-order valence-corrected chi connectivity index (χ1v) is 11.5. The van der Waals surface area contributed by atoms with E-state index < -0.39 is 0 Å². The van der Waals surface area contributed by atoms with Crippen molar-refractivity contribution < 1.29 is 14.2 Å². The molecule has 0 bridgehead atoms. The van der Waals surface area contributed by atoms with Crippen molar-refractivity contribution in [3.05, 3.63) is 46.2 Å². The third-order valence-electron chi connectivity index (χ3n) is 5.22. The summed E-state index contributed by atoms with van der Waals surface area (Å²) in [4.78, 5) is 9.58. The fraction of sp³-hybridized carbons (Fsp3) is 0.522. The number of para-hydroxylation sites is 2. The molecule has 7 nitrogen and oxygen atoms in total. The first kappa shape index (κ1) is 26.7. The van der Waals surface area contributed by atoms with Gasteiger partial charge in [0.2, 0.25) is 0 Å². The highest BCUT2D eigenvalue weighted by molar-refractivity contribution is 14.0. The lowest BCUT2D eigenvalue weighted by Gasteiger charge is -2.34. The van der Waals surface area contributed by atoms with Gasteiger partial charge in [-0.3, -0.25) is 9.89 Å². The summed E-state index contributed by atoms with van der Waals surface area (Å²) in [6, 6.07) is 12.4. The number of nitrogens with one attached hydrogen (secondary N) is 2. The summed E-state index contributed by atoms with van der Waals surface area (Å²) in [5.74, 6) is 2.24. The van der Waals surface area contributed by atoms with Crippen molar-refractivity contribution in [1.82, 2.24) is 15.5 Å². The van der Waals surface area contributed by atoms with E-state index in [0.717, 1.165) is 50.3 Å². The van der Waals surface area contributed by atoms with Gasteiger partial charge in [-0.25, -0.2) is 0 Å². The minimum absolute atomic E-state index is 0. The smallest absolute Gasteiger partial charge is 0.191 e. The number of guanidine groups is 1. The lowest BCUT2D eigenvalue weighted by Crippen LogP contribution is -2.47. The summed E-state index contributed by atoms with van der Waals surface area (Å²) >= 11 is 1.86. The van der Waals surface area contributed by atoms with Crippen LogP contribution < -0.4 is 20.1 Å². The maximum absolute atomic E-state index is 6.03. The molecule has 9 heteroatoms. The molecule has 2 unspecified atom stereocenters. The number of nitrogens with zero attached hydrogens (tertiary/aromatic N) is 2. The molecule has 1 saturated heterocycles. The average molecular weight is 575 g/mol. The second-order valence-corrected chi connectivity index (χ2v) is 8.85. The number of ether oxygens (including phenoxy) is 3. The highest BCUT2D eigenvalue weighted by atomic mass is 127. The Hall–Kier alpha value is -1.56. The van der Waals surface area contributed by atoms with E-state index in [9.17, 15) is 0 Å². The Kier molecular flexibility index (Phi) is 11.6. The molecule has 2 heterocycles. The van der Waals surface area contributed by atoms with Gasteiger partial charge in [-0.15, -0.1) is 35.3 Å². The van der Waals surface area contributed by atoms with Crippen LogP contribution in [-0.4, -0.2) is 70.5 Å². The maximum atomic E-state index is 6.03. The van der Waals surface area contributed by atoms with Crippen molar-refractivity contribution in [3.8, 4) is 11.5 Å². The summed E-state index contributed by atoms with van der Waals surface area (Å²) in [7, 11) is 3.44. The Bertz CT molecular complexity index is 842. The summed E-state index contributed by atoms with van der Waals surface area (Å²) < 4.78 is 16.9. The Labute approximate surface area is 212 Å². The lowest BCUT2D eigenvalue weighted by molar-refractivity contribution is 0.0177. The number of benzene rings is 1. The standard InChI is InChI=1S/C23H34N4O3S.HI/c1-17(30-21-8-6-5-7-20(21)28-4)15-25-23(24-3)26-16-19(22-10-9-18(2)31-22)27-11-13-29-14-12-27;/h5-10,17,19H,11-16H2,1-4H3,(H2,24,25,26);1H. The van der Waals surface area contributed by atoms with E-state index in [4.69, 9.17) is 14.2 Å². The summed E-state index contributed by atoms with van der Waals surface area (Å²) in [5.41, 5.74) is 0. The van der Waals surface area contributed by atoms with Gasteiger partial charge in [0.15, 0.2) is 17.5 Å². The number of hydrogen-bond donors (Lipinski definition) is 2. The van der Waals surface area contributed by atoms with E-state index in [1.165, 1.54) is 9.75 Å². The Morgan fingerprint density at radius 3 is 2.44 bits per heavy atom. The van der Waals surface area contributed by atoms with Crippen molar-refractivity contribution in [2.24, 2.45) is 4.99 Å². The second kappa shape index (κ2) is 13.9. The molecule has 0 radical (unpaired) electrons. The fourth-order valence-electron chi connectivity index (χ4n) is 3.56. The van der Waals surface area contributed by atoms with Gasteiger partial charge >= 0.3 is 0 Å². The van der Waals surface area contributed by atoms with Gasteiger partial charge < -0.3 is 24.8 Å². The molecule has 1 aliphatic heterocycles. The zero-order chi connectivity index (χ0) is 22.1. The highest BCUT2D eigenvalue weighted by Gasteiger charge is 2.24. The Morgan fingerprint density at radius 1 is 1.12 bits per heavy atom. The molecule has 2 N–H and O–H groups in total. The summed E-state index contributed by atoms with van der Waals surface area (Å²) in [6.45, 7) is 9.04. The van der Waals surface area contributed by atoms with Gasteiger partial charge in [0.25, 0.3) is 0 Å². The van der Waals surface area contributed by atoms with Crippen LogP contribution in [0.1, 0.15) is 22.7 Å². The van der Waals surface area contributed by atoms with Crippen LogP contribution in [0.3, 0.4) is 0 Å². The topological polar surface area (TPSA) is 67.4 Å². The monoisotopic (exact) mass is 574 g/mol. The van der Waals surface area contributed by atoms with E-state index in [1.807, 2.05) is 42.5 Å².